The topological polar surface area (TPSA) is 82.5 Å². The van der Waals surface area contributed by atoms with Gasteiger partial charge in [0, 0.05) is 23.3 Å². The molecule has 174 valence electrons. The molecule has 1 aliphatic rings. The van der Waals surface area contributed by atoms with Gasteiger partial charge in [-0.1, -0.05) is 24.3 Å². The van der Waals surface area contributed by atoms with Crippen LogP contribution in [0.15, 0.2) is 82.3 Å². The number of fused-ring (bicyclic) bond motifs is 2. The molecular weight excluding hydrogens is 444 g/mol. The molecule has 0 atom stereocenters. The molecule has 0 bridgehead atoms. The molecule has 0 spiro atoms. The van der Waals surface area contributed by atoms with E-state index in [0.29, 0.717) is 29.8 Å². The molecule has 1 aliphatic heterocycles. The van der Waals surface area contributed by atoms with Gasteiger partial charge in [-0.25, -0.2) is 9.48 Å². The molecule has 0 saturated carbocycles. The van der Waals surface area contributed by atoms with E-state index >= 15 is 0 Å². The Morgan fingerprint density at radius 1 is 1.03 bits per heavy atom. The van der Waals surface area contributed by atoms with Gasteiger partial charge in [0.05, 0.1) is 31.6 Å². The number of rotatable bonds is 4. The first-order valence-corrected chi connectivity index (χ1v) is 11.2. The van der Waals surface area contributed by atoms with E-state index in [-0.39, 0.29) is 11.5 Å². The van der Waals surface area contributed by atoms with Crippen LogP contribution in [-0.4, -0.2) is 32.3 Å². The first-order valence-electron chi connectivity index (χ1n) is 11.2. The van der Waals surface area contributed by atoms with Crippen LogP contribution in [0, 0.1) is 6.92 Å². The number of hydrogen-bond donors (Lipinski definition) is 0. The fourth-order valence-electron chi connectivity index (χ4n) is 4.62. The number of aromatic nitrogens is 3. The number of carbonyl (C=O) groups excluding carboxylic acids is 1. The summed E-state index contributed by atoms with van der Waals surface area (Å²) >= 11 is 0. The number of benzene rings is 2. The Hall–Kier alpha value is -4.59. The van der Waals surface area contributed by atoms with Gasteiger partial charge in [0.1, 0.15) is 11.4 Å². The van der Waals surface area contributed by atoms with E-state index < -0.39 is 5.63 Å². The van der Waals surface area contributed by atoms with Crippen molar-refractivity contribution < 1.29 is 13.9 Å². The Labute approximate surface area is 200 Å². The van der Waals surface area contributed by atoms with Gasteiger partial charge in [0.15, 0.2) is 11.3 Å². The van der Waals surface area contributed by atoms with Crippen LogP contribution in [0.25, 0.3) is 22.5 Å². The molecule has 3 aromatic heterocycles. The zero-order chi connectivity index (χ0) is 24.1. The van der Waals surface area contributed by atoms with E-state index in [4.69, 9.17) is 14.3 Å². The van der Waals surface area contributed by atoms with Crippen LogP contribution >= 0.6 is 0 Å². The van der Waals surface area contributed by atoms with Crippen molar-refractivity contribution in [3.05, 3.63) is 106 Å². The van der Waals surface area contributed by atoms with Crippen LogP contribution in [0.5, 0.6) is 5.75 Å². The van der Waals surface area contributed by atoms with Gasteiger partial charge in [0.25, 0.3) is 5.91 Å². The monoisotopic (exact) mass is 466 g/mol. The van der Waals surface area contributed by atoms with E-state index in [2.05, 4.69) is 6.07 Å². The third kappa shape index (κ3) is 3.42. The number of aryl methyl sites for hydroxylation is 1. The highest BCUT2D eigenvalue weighted by Crippen LogP contribution is 2.32. The van der Waals surface area contributed by atoms with Crippen molar-refractivity contribution >= 4 is 16.9 Å². The molecule has 1 amide bonds. The Bertz CT molecular complexity index is 1650. The molecule has 5 aromatic rings. The Morgan fingerprint density at radius 3 is 2.60 bits per heavy atom. The van der Waals surface area contributed by atoms with Crippen molar-refractivity contribution in [1.82, 2.24) is 19.2 Å². The van der Waals surface area contributed by atoms with Gasteiger partial charge in [-0.15, -0.1) is 0 Å². The standard InChI is InChI=1S/C27H22N4O4/c1-17-7-5-9-19(13-17)31-25(29-11-3-4-12-29)21-15-30(16-22(21)28-31)26(32)20-14-18-8-6-10-23(34-2)24(18)35-27(20)33/h3-14H,15-16H2,1-2H3. The van der Waals surface area contributed by atoms with Crippen molar-refractivity contribution in [2.45, 2.75) is 20.0 Å². The molecule has 6 rings (SSSR count). The average Bonchev–Trinajstić information content (AvgIpc) is 3.59. The summed E-state index contributed by atoms with van der Waals surface area (Å²) in [6, 6.07) is 18.9. The van der Waals surface area contributed by atoms with Gasteiger partial charge in [-0.05, 0) is 48.9 Å². The minimum absolute atomic E-state index is 0.00928. The predicted molar refractivity (Wildman–Crippen MR) is 130 cm³/mol. The fraction of sp³-hybridized carbons (Fsp3) is 0.148. The Morgan fingerprint density at radius 2 is 1.83 bits per heavy atom. The van der Waals surface area contributed by atoms with Crippen LogP contribution in [0.3, 0.4) is 0 Å². The van der Waals surface area contributed by atoms with Gasteiger partial charge in [0.2, 0.25) is 0 Å². The predicted octanol–water partition coefficient (Wildman–Crippen LogP) is 4.24. The third-order valence-electron chi connectivity index (χ3n) is 6.29. The summed E-state index contributed by atoms with van der Waals surface area (Å²) in [5, 5.41) is 5.49. The summed E-state index contributed by atoms with van der Waals surface area (Å²) in [5.41, 5.74) is 3.46. The second-order valence-electron chi connectivity index (χ2n) is 8.58. The van der Waals surface area contributed by atoms with Crippen molar-refractivity contribution in [2.75, 3.05) is 7.11 Å². The molecule has 2 aromatic carbocycles. The summed E-state index contributed by atoms with van der Waals surface area (Å²) in [6.07, 6.45) is 3.92. The highest BCUT2D eigenvalue weighted by atomic mass is 16.5. The maximum absolute atomic E-state index is 13.4. The third-order valence-corrected chi connectivity index (χ3v) is 6.29. The quantitative estimate of drug-likeness (QED) is 0.370. The highest BCUT2D eigenvalue weighted by molar-refractivity contribution is 5.97. The van der Waals surface area contributed by atoms with Crippen molar-refractivity contribution in [2.24, 2.45) is 0 Å². The SMILES string of the molecule is COc1cccc2cc(C(=O)N3Cc4nn(-c5cccc(C)c5)c(-n5cccc5)c4C3)c(=O)oc12. The lowest BCUT2D eigenvalue weighted by Gasteiger charge is -2.17. The zero-order valence-electron chi connectivity index (χ0n) is 19.3. The number of hydrogen-bond acceptors (Lipinski definition) is 5. The summed E-state index contributed by atoms with van der Waals surface area (Å²) in [7, 11) is 1.51. The smallest absolute Gasteiger partial charge is 0.349 e. The molecule has 0 N–H and O–H groups in total. The first kappa shape index (κ1) is 21.0. The van der Waals surface area contributed by atoms with Crippen molar-refractivity contribution in [3.8, 4) is 17.3 Å². The van der Waals surface area contributed by atoms with Gasteiger partial charge in [-0.3, -0.25) is 4.79 Å². The maximum atomic E-state index is 13.4. The second kappa shape index (κ2) is 8.02. The molecule has 35 heavy (non-hydrogen) atoms. The molecule has 0 fully saturated rings. The summed E-state index contributed by atoms with van der Waals surface area (Å²) in [4.78, 5) is 27.8. The zero-order valence-corrected chi connectivity index (χ0v) is 19.3. The molecule has 4 heterocycles. The van der Waals surface area contributed by atoms with Crippen molar-refractivity contribution in [1.29, 1.82) is 0 Å². The number of amides is 1. The van der Waals surface area contributed by atoms with Gasteiger partial charge in [-0.2, -0.15) is 5.10 Å². The summed E-state index contributed by atoms with van der Waals surface area (Å²) in [5.74, 6) is 0.935. The average molecular weight is 466 g/mol. The molecule has 0 saturated heterocycles. The molecular formula is C27H22N4O4. The lowest BCUT2D eigenvalue weighted by Crippen LogP contribution is -2.30. The Kier molecular flexibility index (Phi) is 4.81. The van der Waals surface area contributed by atoms with Crippen LogP contribution in [0.1, 0.15) is 27.2 Å². The molecule has 0 aliphatic carbocycles. The van der Waals surface area contributed by atoms with E-state index in [1.54, 1.807) is 29.2 Å². The largest absolute Gasteiger partial charge is 0.493 e. The number of ether oxygens (including phenoxy) is 1. The fourth-order valence-corrected chi connectivity index (χ4v) is 4.62. The van der Waals surface area contributed by atoms with E-state index in [9.17, 15) is 9.59 Å². The van der Waals surface area contributed by atoms with E-state index in [0.717, 1.165) is 28.3 Å². The second-order valence-corrected chi connectivity index (χ2v) is 8.58. The normalized spacial score (nSPS) is 12.8. The minimum atomic E-state index is -0.688. The van der Waals surface area contributed by atoms with Crippen LogP contribution in [0.4, 0.5) is 0 Å². The first-order chi connectivity index (χ1) is 17.0. The van der Waals surface area contributed by atoms with E-state index in [1.165, 1.54) is 7.11 Å². The lowest BCUT2D eigenvalue weighted by molar-refractivity contribution is 0.0745. The van der Waals surface area contributed by atoms with Crippen LogP contribution < -0.4 is 10.4 Å². The number of methoxy groups -OCH3 is 1. The number of carbonyl (C=O) groups is 1. The summed E-state index contributed by atoms with van der Waals surface area (Å²) < 4.78 is 14.7. The Balaban J connectivity index is 1.39. The van der Waals surface area contributed by atoms with Crippen molar-refractivity contribution in [3.63, 3.8) is 0 Å². The molecule has 0 radical (unpaired) electrons. The molecule has 8 heteroatoms. The number of nitrogens with zero attached hydrogens (tertiary/aromatic N) is 4. The minimum Gasteiger partial charge on any atom is -0.493 e. The maximum Gasteiger partial charge on any atom is 0.349 e. The lowest BCUT2D eigenvalue weighted by atomic mass is 10.1. The van der Waals surface area contributed by atoms with E-state index in [1.807, 2.05) is 58.9 Å². The summed E-state index contributed by atoms with van der Waals surface area (Å²) in [6.45, 7) is 2.68. The van der Waals surface area contributed by atoms with Crippen LogP contribution in [0.2, 0.25) is 0 Å². The highest BCUT2D eigenvalue weighted by Gasteiger charge is 2.33. The molecule has 0 unspecified atom stereocenters. The number of para-hydroxylation sites is 1. The molecule has 8 nitrogen and oxygen atoms in total. The van der Waals surface area contributed by atoms with Gasteiger partial charge >= 0.3 is 5.63 Å². The van der Waals surface area contributed by atoms with Crippen LogP contribution in [-0.2, 0) is 13.1 Å². The van der Waals surface area contributed by atoms with Gasteiger partial charge < -0.3 is 18.6 Å².